The Hall–Kier alpha value is -2.16. The van der Waals surface area contributed by atoms with Crippen LogP contribution in [0.1, 0.15) is 5.56 Å². The Labute approximate surface area is 114 Å². The maximum absolute atomic E-state index is 5.19. The molecule has 0 amide bonds. The first-order valence-corrected chi connectivity index (χ1v) is 6.46. The second-order valence-corrected chi connectivity index (χ2v) is 4.45. The van der Waals surface area contributed by atoms with Crippen molar-refractivity contribution in [1.29, 1.82) is 0 Å². The summed E-state index contributed by atoms with van der Waals surface area (Å²) in [6.45, 7) is 3.83. The quantitative estimate of drug-likeness (QED) is 0.776. The van der Waals surface area contributed by atoms with E-state index in [0.29, 0.717) is 0 Å². The number of aryl methyl sites for hydroxylation is 1. The van der Waals surface area contributed by atoms with Crippen molar-refractivity contribution in [3.05, 3.63) is 54.1 Å². The van der Waals surface area contributed by atoms with Gasteiger partial charge in [-0.3, -0.25) is 0 Å². The van der Waals surface area contributed by atoms with Crippen LogP contribution in [0.25, 0.3) is 0 Å². The Kier molecular flexibility index (Phi) is 4.67. The second-order valence-electron chi connectivity index (χ2n) is 4.45. The van der Waals surface area contributed by atoms with E-state index in [1.807, 2.05) is 24.3 Å². The number of hydrogen-bond donors (Lipinski definition) is 2. The third kappa shape index (κ3) is 4.21. The predicted octanol–water partition coefficient (Wildman–Crippen LogP) is 3.53. The van der Waals surface area contributed by atoms with Crippen LogP contribution in [0, 0.1) is 6.92 Å². The summed E-state index contributed by atoms with van der Waals surface area (Å²) in [4.78, 5) is 0. The lowest BCUT2D eigenvalue weighted by molar-refractivity contribution is 0.415. The molecule has 19 heavy (non-hydrogen) atoms. The average Bonchev–Trinajstić information content (AvgIpc) is 2.44. The molecule has 0 aliphatic rings. The van der Waals surface area contributed by atoms with Crippen LogP contribution in [-0.2, 0) is 0 Å². The first-order chi connectivity index (χ1) is 9.28. The highest BCUT2D eigenvalue weighted by molar-refractivity contribution is 5.49. The number of nitrogens with one attached hydrogen (secondary N) is 2. The van der Waals surface area contributed by atoms with Crippen LogP contribution in [0.4, 0.5) is 11.4 Å². The van der Waals surface area contributed by atoms with Gasteiger partial charge in [-0.1, -0.05) is 18.2 Å². The zero-order valence-corrected chi connectivity index (χ0v) is 11.4. The molecular formula is C16H20N2O. The Bertz CT molecular complexity index is 526. The van der Waals surface area contributed by atoms with Crippen molar-refractivity contribution in [3.8, 4) is 5.75 Å². The standard InChI is InChI=1S/C16H20N2O/c1-13-5-3-6-14(11-13)17-9-10-18-15-7-4-8-16(12-15)19-2/h3-8,11-12,17-18H,9-10H2,1-2H3. The maximum atomic E-state index is 5.19. The fourth-order valence-electron chi connectivity index (χ4n) is 1.90. The maximum Gasteiger partial charge on any atom is 0.120 e. The molecule has 3 nitrogen and oxygen atoms in total. The van der Waals surface area contributed by atoms with Gasteiger partial charge in [0.2, 0.25) is 0 Å². The minimum Gasteiger partial charge on any atom is -0.497 e. The van der Waals surface area contributed by atoms with Crippen LogP contribution in [0.15, 0.2) is 48.5 Å². The Morgan fingerprint density at radius 1 is 0.895 bits per heavy atom. The van der Waals surface area contributed by atoms with Gasteiger partial charge in [0.05, 0.1) is 7.11 Å². The van der Waals surface area contributed by atoms with E-state index >= 15 is 0 Å². The fourth-order valence-corrected chi connectivity index (χ4v) is 1.90. The van der Waals surface area contributed by atoms with Crippen molar-refractivity contribution in [2.45, 2.75) is 6.92 Å². The molecule has 0 atom stereocenters. The summed E-state index contributed by atoms with van der Waals surface area (Å²) in [5.41, 5.74) is 3.50. The molecule has 0 unspecified atom stereocenters. The summed E-state index contributed by atoms with van der Waals surface area (Å²) in [5, 5.41) is 6.75. The van der Waals surface area contributed by atoms with Crippen LogP contribution in [0.2, 0.25) is 0 Å². The third-order valence-corrected chi connectivity index (χ3v) is 2.87. The van der Waals surface area contributed by atoms with E-state index in [0.717, 1.165) is 30.2 Å². The fraction of sp³-hybridized carbons (Fsp3) is 0.250. The van der Waals surface area contributed by atoms with Gasteiger partial charge in [0, 0.05) is 30.5 Å². The smallest absolute Gasteiger partial charge is 0.120 e. The second kappa shape index (κ2) is 6.69. The molecular weight excluding hydrogens is 236 g/mol. The largest absolute Gasteiger partial charge is 0.497 e. The summed E-state index contributed by atoms with van der Waals surface area (Å²) in [7, 11) is 1.68. The summed E-state index contributed by atoms with van der Waals surface area (Å²) >= 11 is 0. The van der Waals surface area contributed by atoms with Crippen molar-refractivity contribution in [3.63, 3.8) is 0 Å². The topological polar surface area (TPSA) is 33.3 Å². The number of ether oxygens (including phenoxy) is 1. The van der Waals surface area contributed by atoms with Gasteiger partial charge in [-0.25, -0.2) is 0 Å². The van der Waals surface area contributed by atoms with Gasteiger partial charge in [-0.2, -0.15) is 0 Å². The summed E-state index contributed by atoms with van der Waals surface area (Å²) in [5.74, 6) is 0.872. The van der Waals surface area contributed by atoms with Crippen LogP contribution in [0.5, 0.6) is 5.75 Å². The molecule has 2 N–H and O–H groups in total. The summed E-state index contributed by atoms with van der Waals surface area (Å²) < 4.78 is 5.19. The molecule has 0 saturated heterocycles. The van der Waals surface area contributed by atoms with Gasteiger partial charge >= 0.3 is 0 Å². The van der Waals surface area contributed by atoms with Crippen LogP contribution >= 0.6 is 0 Å². The number of hydrogen-bond acceptors (Lipinski definition) is 3. The van der Waals surface area contributed by atoms with E-state index in [1.54, 1.807) is 7.11 Å². The van der Waals surface area contributed by atoms with E-state index in [1.165, 1.54) is 5.56 Å². The Morgan fingerprint density at radius 3 is 2.16 bits per heavy atom. The number of rotatable bonds is 6. The molecule has 0 spiro atoms. The molecule has 100 valence electrons. The number of anilines is 2. The van der Waals surface area contributed by atoms with Gasteiger partial charge < -0.3 is 15.4 Å². The Balaban J connectivity index is 1.77. The molecule has 2 aromatic rings. The molecule has 2 aromatic carbocycles. The highest BCUT2D eigenvalue weighted by atomic mass is 16.5. The molecule has 0 bridgehead atoms. The highest BCUT2D eigenvalue weighted by Crippen LogP contribution is 2.16. The highest BCUT2D eigenvalue weighted by Gasteiger charge is 1.95. The molecule has 0 fully saturated rings. The molecule has 0 radical (unpaired) electrons. The van der Waals surface area contributed by atoms with Gasteiger partial charge in [-0.05, 0) is 36.8 Å². The van der Waals surface area contributed by atoms with Crippen molar-refractivity contribution in [2.75, 3.05) is 30.8 Å². The molecule has 0 aliphatic carbocycles. The van der Waals surface area contributed by atoms with Gasteiger partial charge in [-0.15, -0.1) is 0 Å². The van der Waals surface area contributed by atoms with E-state index in [9.17, 15) is 0 Å². The molecule has 0 aromatic heterocycles. The van der Waals surface area contributed by atoms with Gasteiger partial charge in [0.1, 0.15) is 5.75 Å². The lowest BCUT2D eigenvalue weighted by Crippen LogP contribution is -2.13. The van der Waals surface area contributed by atoms with E-state index < -0.39 is 0 Å². The van der Waals surface area contributed by atoms with Crippen molar-refractivity contribution in [1.82, 2.24) is 0 Å². The van der Waals surface area contributed by atoms with Gasteiger partial charge in [0.25, 0.3) is 0 Å². The first kappa shape index (κ1) is 13.3. The minimum absolute atomic E-state index is 0.862. The van der Waals surface area contributed by atoms with Gasteiger partial charge in [0.15, 0.2) is 0 Å². The van der Waals surface area contributed by atoms with Crippen molar-refractivity contribution < 1.29 is 4.74 Å². The van der Waals surface area contributed by atoms with Crippen LogP contribution in [-0.4, -0.2) is 20.2 Å². The van der Waals surface area contributed by atoms with Crippen molar-refractivity contribution >= 4 is 11.4 Å². The van der Waals surface area contributed by atoms with Crippen LogP contribution < -0.4 is 15.4 Å². The SMILES string of the molecule is COc1cccc(NCCNc2cccc(C)c2)c1. The normalized spacial score (nSPS) is 10.0. The monoisotopic (exact) mass is 256 g/mol. The molecule has 0 saturated carbocycles. The summed E-state index contributed by atoms with van der Waals surface area (Å²) in [6.07, 6.45) is 0. The molecule has 2 rings (SSSR count). The number of methoxy groups -OCH3 is 1. The average molecular weight is 256 g/mol. The van der Waals surface area contributed by atoms with E-state index in [2.05, 4.69) is 41.8 Å². The predicted molar refractivity (Wildman–Crippen MR) is 81.2 cm³/mol. The minimum atomic E-state index is 0.862. The van der Waals surface area contributed by atoms with E-state index in [4.69, 9.17) is 4.74 Å². The zero-order chi connectivity index (χ0) is 13.5. The van der Waals surface area contributed by atoms with Crippen LogP contribution in [0.3, 0.4) is 0 Å². The lowest BCUT2D eigenvalue weighted by atomic mass is 10.2. The zero-order valence-electron chi connectivity index (χ0n) is 11.4. The molecule has 3 heteroatoms. The van der Waals surface area contributed by atoms with Crippen molar-refractivity contribution in [2.24, 2.45) is 0 Å². The lowest BCUT2D eigenvalue weighted by Gasteiger charge is -2.10. The molecule has 0 aliphatic heterocycles. The molecule has 0 heterocycles. The summed E-state index contributed by atoms with van der Waals surface area (Å²) in [6, 6.07) is 16.3. The number of benzene rings is 2. The first-order valence-electron chi connectivity index (χ1n) is 6.46. The Morgan fingerprint density at radius 2 is 1.53 bits per heavy atom. The third-order valence-electron chi connectivity index (χ3n) is 2.87. The van der Waals surface area contributed by atoms with E-state index in [-0.39, 0.29) is 0 Å².